The van der Waals surface area contributed by atoms with E-state index in [-0.39, 0.29) is 17.2 Å². The summed E-state index contributed by atoms with van der Waals surface area (Å²) in [5, 5.41) is 3.78. The number of pyridine rings is 1. The van der Waals surface area contributed by atoms with Crippen LogP contribution in [0.25, 0.3) is 17.0 Å². The van der Waals surface area contributed by atoms with E-state index in [1.165, 1.54) is 6.08 Å². The molecule has 30 heavy (non-hydrogen) atoms. The molecule has 0 aliphatic carbocycles. The van der Waals surface area contributed by atoms with Crippen LogP contribution in [0.5, 0.6) is 5.75 Å². The van der Waals surface area contributed by atoms with Gasteiger partial charge in [0.1, 0.15) is 5.75 Å². The fraction of sp³-hybridized carbons (Fsp3) is 0. The van der Waals surface area contributed by atoms with Gasteiger partial charge in [-0.1, -0.05) is 60.7 Å². The minimum Gasteiger partial charge on any atom is -0.423 e. The average Bonchev–Trinajstić information content (AvgIpc) is 2.79. The molecular formula is C25H18N2O3. The Kier molecular flexibility index (Phi) is 5.62. The number of amides is 1. The zero-order valence-electron chi connectivity index (χ0n) is 16.0. The molecular weight excluding hydrogens is 376 g/mol. The van der Waals surface area contributed by atoms with Crippen molar-refractivity contribution in [3.63, 3.8) is 0 Å². The Bertz CT molecular complexity index is 1230. The monoisotopic (exact) mass is 394 g/mol. The van der Waals surface area contributed by atoms with Crippen molar-refractivity contribution in [2.24, 2.45) is 0 Å². The van der Waals surface area contributed by atoms with Crippen LogP contribution in [-0.2, 0) is 4.79 Å². The van der Waals surface area contributed by atoms with Crippen molar-refractivity contribution in [2.45, 2.75) is 0 Å². The van der Waals surface area contributed by atoms with E-state index in [9.17, 15) is 9.59 Å². The third-order valence-electron chi connectivity index (χ3n) is 4.43. The fourth-order valence-electron chi connectivity index (χ4n) is 3.01. The second kappa shape index (κ2) is 8.84. The van der Waals surface area contributed by atoms with Gasteiger partial charge in [0.25, 0.3) is 5.91 Å². The Labute approximate surface area is 173 Å². The molecule has 146 valence electrons. The number of anilines is 1. The second-order valence-corrected chi connectivity index (χ2v) is 6.50. The van der Waals surface area contributed by atoms with E-state index in [2.05, 4.69) is 10.3 Å². The number of benzene rings is 3. The first-order valence-electron chi connectivity index (χ1n) is 9.40. The Balaban J connectivity index is 1.53. The third-order valence-corrected chi connectivity index (χ3v) is 4.43. The van der Waals surface area contributed by atoms with E-state index >= 15 is 0 Å². The molecule has 0 aliphatic rings. The van der Waals surface area contributed by atoms with Gasteiger partial charge in [0, 0.05) is 17.7 Å². The predicted octanol–water partition coefficient (Wildman–Crippen LogP) is 5.11. The Morgan fingerprint density at radius 3 is 2.47 bits per heavy atom. The number of hydrogen-bond donors (Lipinski definition) is 1. The van der Waals surface area contributed by atoms with Gasteiger partial charge in [0.15, 0.2) is 0 Å². The molecule has 1 heterocycles. The predicted molar refractivity (Wildman–Crippen MR) is 117 cm³/mol. The lowest BCUT2D eigenvalue weighted by molar-refractivity contribution is -0.128. The van der Waals surface area contributed by atoms with Gasteiger partial charge in [0.2, 0.25) is 0 Å². The van der Waals surface area contributed by atoms with Crippen molar-refractivity contribution >= 4 is 34.5 Å². The summed E-state index contributed by atoms with van der Waals surface area (Å²) < 4.78 is 5.41. The summed E-state index contributed by atoms with van der Waals surface area (Å²) in [5.74, 6) is -0.763. The molecule has 0 fully saturated rings. The Morgan fingerprint density at radius 1 is 0.833 bits per heavy atom. The minimum atomic E-state index is -0.564. The van der Waals surface area contributed by atoms with Gasteiger partial charge >= 0.3 is 5.97 Å². The molecule has 0 radical (unpaired) electrons. The molecule has 0 saturated heterocycles. The van der Waals surface area contributed by atoms with E-state index in [1.54, 1.807) is 42.6 Å². The summed E-state index contributed by atoms with van der Waals surface area (Å²) in [6.07, 6.45) is 4.66. The van der Waals surface area contributed by atoms with Crippen LogP contribution in [0.15, 0.2) is 97.2 Å². The van der Waals surface area contributed by atoms with Gasteiger partial charge in [-0.2, -0.15) is 0 Å². The van der Waals surface area contributed by atoms with Crippen LogP contribution in [-0.4, -0.2) is 16.9 Å². The van der Waals surface area contributed by atoms with E-state index in [1.807, 2.05) is 54.6 Å². The van der Waals surface area contributed by atoms with Crippen LogP contribution in [0.2, 0.25) is 0 Å². The van der Waals surface area contributed by atoms with E-state index < -0.39 is 5.97 Å². The highest BCUT2D eigenvalue weighted by Gasteiger charge is 2.15. The summed E-state index contributed by atoms with van der Waals surface area (Å²) in [6.45, 7) is 0. The number of para-hydroxylation sites is 2. The van der Waals surface area contributed by atoms with Crippen LogP contribution in [0.4, 0.5) is 5.69 Å². The highest BCUT2D eigenvalue weighted by molar-refractivity contribution is 6.10. The smallest absolute Gasteiger partial charge is 0.336 e. The molecule has 0 spiro atoms. The van der Waals surface area contributed by atoms with Crippen LogP contribution in [0.3, 0.4) is 0 Å². The zero-order valence-corrected chi connectivity index (χ0v) is 16.0. The molecule has 0 bridgehead atoms. The summed E-state index contributed by atoms with van der Waals surface area (Å²) in [6, 6.07) is 25.4. The molecule has 0 atom stereocenters. The number of carbonyl (C=O) groups is 2. The van der Waals surface area contributed by atoms with Gasteiger partial charge in [-0.3, -0.25) is 9.78 Å². The molecule has 0 aliphatic heterocycles. The maximum absolute atomic E-state index is 12.9. The Morgan fingerprint density at radius 2 is 1.60 bits per heavy atom. The van der Waals surface area contributed by atoms with Crippen molar-refractivity contribution in [3.05, 3.63) is 108 Å². The highest BCUT2D eigenvalue weighted by Crippen LogP contribution is 2.24. The normalized spacial score (nSPS) is 10.8. The van der Waals surface area contributed by atoms with Gasteiger partial charge in [-0.15, -0.1) is 0 Å². The number of nitrogens with zero attached hydrogens (tertiary/aromatic N) is 1. The molecule has 5 heteroatoms. The van der Waals surface area contributed by atoms with Gasteiger partial charge in [0.05, 0.1) is 16.8 Å². The van der Waals surface area contributed by atoms with E-state index in [4.69, 9.17) is 4.74 Å². The van der Waals surface area contributed by atoms with E-state index in [0.717, 1.165) is 10.9 Å². The van der Waals surface area contributed by atoms with Gasteiger partial charge < -0.3 is 10.1 Å². The third kappa shape index (κ3) is 4.42. The molecule has 4 aromatic rings. The van der Waals surface area contributed by atoms with Crippen LogP contribution >= 0.6 is 0 Å². The molecule has 0 unspecified atom stereocenters. The second-order valence-electron chi connectivity index (χ2n) is 6.50. The average molecular weight is 394 g/mol. The molecule has 1 amide bonds. The van der Waals surface area contributed by atoms with Crippen molar-refractivity contribution in [1.82, 2.24) is 4.98 Å². The quantitative estimate of drug-likeness (QED) is 0.290. The van der Waals surface area contributed by atoms with Crippen molar-refractivity contribution in [3.8, 4) is 5.75 Å². The number of esters is 1. The number of nitrogens with one attached hydrogen (secondary N) is 1. The summed E-state index contributed by atoms with van der Waals surface area (Å²) in [7, 11) is 0. The van der Waals surface area contributed by atoms with Crippen LogP contribution in [0.1, 0.15) is 15.9 Å². The number of ether oxygens (including phenoxy) is 1. The first-order chi connectivity index (χ1) is 14.7. The molecule has 5 nitrogen and oxygen atoms in total. The summed E-state index contributed by atoms with van der Waals surface area (Å²) >= 11 is 0. The first kappa shape index (κ1) is 19.1. The molecule has 4 rings (SSSR count). The van der Waals surface area contributed by atoms with E-state index in [0.29, 0.717) is 11.2 Å². The molecule has 0 saturated carbocycles. The lowest BCUT2D eigenvalue weighted by Gasteiger charge is -2.11. The SMILES string of the molecule is O=C(/C=C/c1ccccc1)Oc1ccccc1C(=O)Nc1cccc2cccnc12. The minimum absolute atomic E-state index is 0.186. The lowest BCUT2D eigenvalue weighted by Crippen LogP contribution is -2.15. The topological polar surface area (TPSA) is 68.3 Å². The standard InChI is InChI=1S/C25H18N2O3/c28-23(16-15-18-8-2-1-3-9-18)30-22-14-5-4-12-20(22)25(29)27-21-13-6-10-19-11-7-17-26-24(19)21/h1-17H,(H,27,29)/b16-15+. The zero-order chi connectivity index (χ0) is 20.8. The van der Waals surface area contributed by atoms with Gasteiger partial charge in [-0.05, 0) is 35.9 Å². The largest absolute Gasteiger partial charge is 0.423 e. The van der Waals surface area contributed by atoms with Crippen LogP contribution < -0.4 is 10.1 Å². The summed E-state index contributed by atoms with van der Waals surface area (Å²) in [5.41, 5.74) is 2.41. The number of aromatic nitrogens is 1. The van der Waals surface area contributed by atoms with Crippen molar-refractivity contribution < 1.29 is 14.3 Å². The van der Waals surface area contributed by atoms with Crippen molar-refractivity contribution in [2.75, 3.05) is 5.32 Å². The lowest BCUT2D eigenvalue weighted by atomic mass is 10.1. The molecule has 1 N–H and O–H groups in total. The maximum Gasteiger partial charge on any atom is 0.336 e. The maximum atomic E-state index is 12.9. The summed E-state index contributed by atoms with van der Waals surface area (Å²) in [4.78, 5) is 29.5. The molecule has 3 aromatic carbocycles. The van der Waals surface area contributed by atoms with Gasteiger partial charge in [-0.25, -0.2) is 4.79 Å². The number of hydrogen-bond acceptors (Lipinski definition) is 4. The van der Waals surface area contributed by atoms with Crippen LogP contribution in [0, 0.1) is 0 Å². The Hall–Kier alpha value is -4.25. The number of fused-ring (bicyclic) bond motifs is 1. The number of carbonyl (C=O) groups excluding carboxylic acids is 2. The fourth-order valence-corrected chi connectivity index (χ4v) is 3.01. The van der Waals surface area contributed by atoms with Crippen molar-refractivity contribution in [1.29, 1.82) is 0 Å². The molecule has 1 aromatic heterocycles. The number of rotatable bonds is 5. The first-order valence-corrected chi connectivity index (χ1v) is 9.40. The highest BCUT2D eigenvalue weighted by atomic mass is 16.5.